The lowest BCUT2D eigenvalue weighted by Gasteiger charge is -2.23. The van der Waals surface area contributed by atoms with Crippen molar-refractivity contribution >= 4 is 36.1 Å². The molecule has 2 rings (SSSR count). The molecule has 0 spiro atoms. The molecule has 0 bridgehead atoms. The molecule has 0 aliphatic carbocycles. The average molecular weight is 469 g/mol. The molecule has 12 heteroatoms. The van der Waals surface area contributed by atoms with Gasteiger partial charge in [-0.05, 0) is 0 Å². The third-order valence-corrected chi connectivity index (χ3v) is 6.16. The first kappa shape index (κ1) is 26.1. The average Bonchev–Trinajstić information content (AvgIpc) is 3.11. The van der Waals surface area contributed by atoms with Crippen LogP contribution in [-0.4, -0.2) is 57.3 Å². The molecule has 2 aromatic rings. The maximum atomic E-state index is 13.2. The van der Waals surface area contributed by atoms with E-state index < -0.39 is 38.0 Å². The second kappa shape index (κ2) is 10.2. The molecule has 11 nitrogen and oxygen atoms in total. The molecule has 0 fully saturated rings. The topological polar surface area (TPSA) is 149 Å². The SMILES string of the molecule is CC(C)(C)C(=O)COP(=O)(COCCn1cnc2c(N)ncnc21)OCC(=O)C(C)(C)C. The molecule has 32 heavy (non-hydrogen) atoms. The molecule has 2 N–H and O–H groups in total. The number of fused-ring (bicyclic) bond motifs is 1. The maximum absolute atomic E-state index is 13.2. The van der Waals surface area contributed by atoms with Crippen LogP contribution in [0.1, 0.15) is 41.5 Å². The zero-order valence-electron chi connectivity index (χ0n) is 19.5. The fourth-order valence-corrected chi connectivity index (χ4v) is 3.46. The van der Waals surface area contributed by atoms with E-state index >= 15 is 0 Å². The lowest BCUT2D eigenvalue weighted by atomic mass is 9.91. The van der Waals surface area contributed by atoms with Gasteiger partial charge < -0.3 is 15.0 Å². The Morgan fingerprint density at radius 3 is 2.09 bits per heavy atom. The molecule has 0 saturated heterocycles. The first-order chi connectivity index (χ1) is 14.7. The van der Waals surface area contributed by atoms with Gasteiger partial charge in [0, 0.05) is 17.4 Å². The molecule has 2 aromatic heterocycles. The van der Waals surface area contributed by atoms with Gasteiger partial charge in [0.2, 0.25) is 0 Å². The van der Waals surface area contributed by atoms with E-state index in [1.165, 1.54) is 6.33 Å². The molecule has 2 heterocycles. The fourth-order valence-electron chi connectivity index (χ4n) is 2.26. The summed E-state index contributed by atoms with van der Waals surface area (Å²) in [6, 6.07) is 0. The Hall–Kier alpha value is -2.20. The number of ether oxygens (including phenoxy) is 1. The molecule has 0 unspecified atom stereocenters. The smallest absolute Gasteiger partial charge is 0.356 e. The molecule has 0 aromatic carbocycles. The number of hydrogen-bond donors (Lipinski definition) is 1. The molecule has 0 aliphatic rings. The van der Waals surface area contributed by atoms with E-state index in [1.807, 2.05) is 0 Å². The lowest BCUT2D eigenvalue weighted by molar-refractivity contribution is -0.129. The van der Waals surface area contributed by atoms with Crippen LogP contribution >= 0.6 is 7.60 Å². The van der Waals surface area contributed by atoms with E-state index in [1.54, 1.807) is 52.4 Å². The van der Waals surface area contributed by atoms with Crippen molar-refractivity contribution in [3.8, 4) is 0 Å². The van der Waals surface area contributed by atoms with Gasteiger partial charge in [0.1, 0.15) is 31.4 Å². The summed E-state index contributed by atoms with van der Waals surface area (Å²) in [7, 11) is -3.86. The number of aromatic nitrogens is 4. The van der Waals surface area contributed by atoms with Gasteiger partial charge in [-0.3, -0.25) is 23.2 Å². The van der Waals surface area contributed by atoms with E-state index in [4.69, 9.17) is 19.5 Å². The number of nitrogens with two attached hydrogens (primary N) is 1. The Labute approximate surface area is 187 Å². The first-order valence-electron chi connectivity index (χ1n) is 10.2. The quantitative estimate of drug-likeness (QED) is 0.384. The summed E-state index contributed by atoms with van der Waals surface area (Å²) >= 11 is 0. The Morgan fingerprint density at radius 1 is 1.00 bits per heavy atom. The monoisotopic (exact) mass is 469 g/mol. The number of anilines is 1. The minimum atomic E-state index is -3.86. The van der Waals surface area contributed by atoms with Crippen LogP contribution in [0.3, 0.4) is 0 Å². The highest BCUT2D eigenvalue weighted by Gasteiger charge is 2.32. The van der Waals surface area contributed by atoms with Gasteiger partial charge in [-0.25, -0.2) is 15.0 Å². The Bertz CT molecular complexity index is 974. The Morgan fingerprint density at radius 2 is 1.56 bits per heavy atom. The number of ketones is 2. The highest BCUT2D eigenvalue weighted by atomic mass is 31.2. The Balaban J connectivity index is 1.99. The van der Waals surface area contributed by atoms with E-state index in [-0.39, 0.29) is 24.0 Å². The normalized spacial score (nSPS) is 12.9. The third kappa shape index (κ3) is 7.16. The highest BCUT2D eigenvalue weighted by molar-refractivity contribution is 7.53. The standard InChI is InChI=1S/C20H32N5O6P/c1-19(2,3)14(26)9-30-32(28,31-10-15(27)20(4,5)6)13-29-8-7-25-12-24-16-17(21)22-11-23-18(16)25/h11-12H,7-10,13H2,1-6H3,(H2,21,22,23). The van der Waals surface area contributed by atoms with Crippen molar-refractivity contribution < 1.29 is 27.9 Å². The number of nitrogen functional groups attached to an aromatic ring is 1. The van der Waals surface area contributed by atoms with Gasteiger partial charge in [0.25, 0.3) is 0 Å². The van der Waals surface area contributed by atoms with Crippen molar-refractivity contribution in [1.82, 2.24) is 19.5 Å². The van der Waals surface area contributed by atoms with Gasteiger partial charge in [-0.2, -0.15) is 0 Å². The van der Waals surface area contributed by atoms with E-state index in [9.17, 15) is 14.2 Å². The number of rotatable bonds is 11. The number of hydrogen-bond acceptors (Lipinski definition) is 10. The summed E-state index contributed by atoms with van der Waals surface area (Å²) in [6.45, 7) is 10.1. The molecule has 0 amide bonds. The van der Waals surface area contributed by atoms with Crippen molar-refractivity contribution in [3.05, 3.63) is 12.7 Å². The van der Waals surface area contributed by atoms with Crippen LogP contribution in [0.15, 0.2) is 12.7 Å². The summed E-state index contributed by atoms with van der Waals surface area (Å²) in [4.78, 5) is 36.6. The third-order valence-electron chi connectivity index (χ3n) is 4.61. The summed E-state index contributed by atoms with van der Waals surface area (Å²) in [6.07, 6.45) is 2.48. The number of imidazole rings is 1. The van der Waals surface area contributed by atoms with Crippen molar-refractivity contribution in [1.29, 1.82) is 0 Å². The largest absolute Gasteiger partial charge is 0.382 e. The molecule has 0 atom stereocenters. The van der Waals surface area contributed by atoms with Crippen LogP contribution < -0.4 is 5.73 Å². The van der Waals surface area contributed by atoms with Crippen molar-refractivity contribution in [2.75, 3.05) is 31.9 Å². The predicted molar refractivity (Wildman–Crippen MR) is 119 cm³/mol. The Kier molecular flexibility index (Phi) is 8.27. The number of carbonyl (C=O) groups excluding carboxylic acids is 2. The minimum absolute atomic E-state index is 0.131. The van der Waals surface area contributed by atoms with E-state index in [0.29, 0.717) is 17.7 Å². The van der Waals surface area contributed by atoms with Gasteiger partial charge in [-0.15, -0.1) is 0 Å². The predicted octanol–water partition coefficient (Wildman–Crippen LogP) is 2.84. The molecular formula is C20H32N5O6P. The lowest BCUT2D eigenvalue weighted by Crippen LogP contribution is -2.27. The summed E-state index contributed by atoms with van der Waals surface area (Å²) in [5, 5.41) is 0. The number of Topliss-reactive ketones (excluding diaryl/α,β-unsaturated/α-hetero) is 2. The van der Waals surface area contributed by atoms with Crippen LogP contribution in [0, 0.1) is 10.8 Å². The summed E-state index contributed by atoms with van der Waals surface area (Å²) in [5.74, 6) is -0.218. The zero-order chi connectivity index (χ0) is 24.2. The summed E-state index contributed by atoms with van der Waals surface area (Å²) in [5.41, 5.74) is 5.46. The number of carbonyl (C=O) groups is 2. The maximum Gasteiger partial charge on any atom is 0.356 e. The zero-order valence-corrected chi connectivity index (χ0v) is 20.3. The van der Waals surface area contributed by atoms with Gasteiger partial charge >= 0.3 is 7.60 Å². The second-order valence-corrected chi connectivity index (χ2v) is 11.4. The van der Waals surface area contributed by atoms with E-state index in [0.717, 1.165) is 0 Å². The second-order valence-electron chi connectivity index (χ2n) is 9.41. The van der Waals surface area contributed by atoms with Crippen LogP contribution in [-0.2, 0) is 34.5 Å². The van der Waals surface area contributed by atoms with Crippen molar-refractivity contribution in [2.45, 2.75) is 48.1 Å². The molecular weight excluding hydrogens is 437 g/mol. The van der Waals surface area contributed by atoms with Crippen molar-refractivity contribution in [3.63, 3.8) is 0 Å². The van der Waals surface area contributed by atoms with Crippen LogP contribution in [0.2, 0.25) is 0 Å². The molecule has 0 saturated carbocycles. The summed E-state index contributed by atoms with van der Waals surface area (Å²) < 4.78 is 31.1. The van der Waals surface area contributed by atoms with Crippen LogP contribution in [0.4, 0.5) is 5.82 Å². The molecule has 178 valence electrons. The van der Waals surface area contributed by atoms with E-state index in [2.05, 4.69) is 15.0 Å². The fraction of sp³-hybridized carbons (Fsp3) is 0.650. The van der Waals surface area contributed by atoms with Gasteiger partial charge in [-0.1, -0.05) is 41.5 Å². The van der Waals surface area contributed by atoms with Gasteiger partial charge in [0.15, 0.2) is 23.0 Å². The molecule has 0 aliphatic heterocycles. The number of nitrogens with zero attached hydrogens (tertiary/aromatic N) is 4. The highest BCUT2D eigenvalue weighted by Crippen LogP contribution is 2.48. The van der Waals surface area contributed by atoms with Crippen LogP contribution in [0.25, 0.3) is 11.2 Å². The van der Waals surface area contributed by atoms with Gasteiger partial charge in [0.05, 0.1) is 12.9 Å². The minimum Gasteiger partial charge on any atom is -0.382 e. The molecule has 0 radical (unpaired) electrons. The van der Waals surface area contributed by atoms with Crippen LogP contribution in [0.5, 0.6) is 0 Å². The first-order valence-corrected chi connectivity index (χ1v) is 11.9. The van der Waals surface area contributed by atoms with Crippen molar-refractivity contribution in [2.24, 2.45) is 10.8 Å².